The van der Waals surface area contributed by atoms with E-state index in [4.69, 9.17) is 4.98 Å². The number of sulfonamides is 1. The molecule has 10 heteroatoms. The topological polar surface area (TPSA) is 103 Å². The second-order valence-corrected chi connectivity index (χ2v) is 11.2. The summed E-state index contributed by atoms with van der Waals surface area (Å²) in [6.07, 6.45) is 3.20. The van der Waals surface area contributed by atoms with Crippen LogP contribution in [0.5, 0.6) is 0 Å². The van der Waals surface area contributed by atoms with E-state index >= 15 is 0 Å². The summed E-state index contributed by atoms with van der Waals surface area (Å²) in [4.78, 5) is 7.46. The Hall–Kier alpha value is -2.53. The lowest BCUT2D eigenvalue weighted by Gasteiger charge is -2.29. The zero-order valence-corrected chi connectivity index (χ0v) is 20.4. The lowest BCUT2D eigenvalue weighted by molar-refractivity contribution is 0.0787. The first-order valence-electron chi connectivity index (χ1n) is 11.2. The molecule has 0 amide bonds. The minimum Gasteiger partial charge on any atom is -0.393 e. The van der Waals surface area contributed by atoms with Crippen molar-refractivity contribution in [1.29, 1.82) is 0 Å². The van der Waals surface area contributed by atoms with Crippen molar-refractivity contribution in [1.82, 2.24) is 23.8 Å². The van der Waals surface area contributed by atoms with Crippen LogP contribution in [0.4, 0.5) is 11.5 Å². The summed E-state index contributed by atoms with van der Waals surface area (Å²) >= 11 is 0. The van der Waals surface area contributed by atoms with Gasteiger partial charge in [-0.2, -0.15) is 9.61 Å². The molecule has 9 nitrogen and oxygen atoms in total. The van der Waals surface area contributed by atoms with Crippen LogP contribution in [0.1, 0.15) is 43.9 Å². The first-order chi connectivity index (χ1) is 15.6. The zero-order chi connectivity index (χ0) is 23.8. The summed E-state index contributed by atoms with van der Waals surface area (Å²) in [6.45, 7) is 6.62. The van der Waals surface area contributed by atoms with Crippen molar-refractivity contribution in [3.05, 3.63) is 47.8 Å². The molecule has 1 saturated heterocycles. The Morgan fingerprint density at radius 1 is 1.18 bits per heavy atom. The van der Waals surface area contributed by atoms with Crippen molar-refractivity contribution in [2.45, 2.75) is 50.2 Å². The molecule has 1 aliphatic rings. The summed E-state index contributed by atoms with van der Waals surface area (Å²) in [6, 6.07) is 8.68. The van der Waals surface area contributed by atoms with E-state index in [1.165, 1.54) is 18.4 Å². The fourth-order valence-electron chi connectivity index (χ4n) is 3.98. The molecular formula is C23H32N6O3S. The largest absolute Gasteiger partial charge is 0.393 e. The van der Waals surface area contributed by atoms with Crippen molar-refractivity contribution < 1.29 is 13.5 Å². The van der Waals surface area contributed by atoms with Crippen LogP contribution in [0.15, 0.2) is 41.4 Å². The number of anilines is 2. The number of hydrogen-bond donors (Lipinski definition) is 2. The fraction of sp³-hybridized carbons (Fsp3) is 0.478. The lowest BCUT2D eigenvalue weighted by atomic mass is 10.1. The summed E-state index contributed by atoms with van der Waals surface area (Å²) in [5.41, 5.74) is 3.57. The van der Waals surface area contributed by atoms with Crippen LogP contribution in [0, 0.1) is 0 Å². The van der Waals surface area contributed by atoms with Crippen LogP contribution in [0.25, 0.3) is 5.65 Å². The molecule has 3 aromatic rings. The first-order valence-corrected chi connectivity index (χ1v) is 12.7. The van der Waals surface area contributed by atoms with E-state index in [1.54, 1.807) is 28.8 Å². The number of piperidine rings is 1. The third-order valence-corrected chi connectivity index (χ3v) is 7.85. The molecule has 0 spiro atoms. The van der Waals surface area contributed by atoms with E-state index in [-0.39, 0.29) is 16.9 Å². The highest BCUT2D eigenvalue weighted by atomic mass is 32.2. The Balaban J connectivity index is 1.66. The third-order valence-electron chi connectivity index (χ3n) is 6.02. The van der Waals surface area contributed by atoms with Gasteiger partial charge in [0.15, 0.2) is 5.65 Å². The van der Waals surface area contributed by atoms with Gasteiger partial charge in [0.05, 0.1) is 22.9 Å². The predicted molar refractivity (Wildman–Crippen MR) is 128 cm³/mol. The molecule has 0 saturated carbocycles. The Kier molecular flexibility index (Phi) is 6.71. The zero-order valence-electron chi connectivity index (χ0n) is 19.6. The summed E-state index contributed by atoms with van der Waals surface area (Å²) < 4.78 is 27.7. The number of rotatable bonds is 7. The van der Waals surface area contributed by atoms with Gasteiger partial charge >= 0.3 is 0 Å². The van der Waals surface area contributed by atoms with Gasteiger partial charge in [-0.25, -0.2) is 17.7 Å². The van der Waals surface area contributed by atoms with Gasteiger partial charge in [0.2, 0.25) is 10.0 Å². The minimum absolute atomic E-state index is 0.212. The van der Waals surface area contributed by atoms with E-state index in [9.17, 15) is 13.5 Å². The standard InChI is InChI=1S/C23H32N6O3S/c1-16(2)21-14-24-29-22(25-17-5-7-20(8-6-17)33(31,32)27(3)4)13-18(26-23(21)29)15-28-11-9-19(30)10-12-28/h5-8,13-14,16,19,25,30H,9-12,15H2,1-4H3. The molecule has 4 rings (SSSR count). The van der Waals surface area contributed by atoms with Crippen LogP contribution >= 0.6 is 0 Å². The van der Waals surface area contributed by atoms with Crippen LogP contribution < -0.4 is 5.32 Å². The molecule has 1 aromatic carbocycles. The predicted octanol–water partition coefficient (Wildman–Crippen LogP) is 2.80. The van der Waals surface area contributed by atoms with E-state index in [0.29, 0.717) is 6.54 Å². The van der Waals surface area contributed by atoms with Crippen molar-refractivity contribution >= 4 is 27.2 Å². The van der Waals surface area contributed by atoms with Gasteiger partial charge in [-0.15, -0.1) is 0 Å². The molecule has 0 bridgehead atoms. The number of aliphatic hydroxyl groups is 1. The molecule has 2 aromatic heterocycles. The Morgan fingerprint density at radius 2 is 1.85 bits per heavy atom. The first kappa shape index (κ1) is 23.6. The van der Waals surface area contributed by atoms with E-state index in [1.807, 2.05) is 12.3 Å². The molecule has 1 fully saturated rings. The number of likely N-dealkylation sites (tertiary alicyclic amines) is 1. The van der Waals surface area contributed by atoms with Gasteiger partial charge in [-0.05, 0) is 43.0 Å². The Morgan fingerprint density at radius 3 is 2.45 bits per heavy atom. The van der Waals surface area contributed by atoms with Gasteiger partial charge in [0.25, 0.3) is 0 Å². The van der Waals surface area contributed by atoms with Crippen LogP contribution in [0.3, 0.4) is 0 Å². The number of hydrogen-bond acceptors (Lipinski definition) is 7. The molecule has 2 N–H and O–H groups in total. The average molecular weight is 473 g/mol. The highest BCUT2D eigenvalue weighted by Gasteiger charge is 2.20. The number of aromatic nitrogens is 3. The van der Waals surface area contributed by atoms with E-state index in [2.05, 4.69) is 29.2 Å². The molecule has 0 atom stereocenters. The molecule has 3 heterocycles. The monoisotopic (exact) mass is 472 g/mol. The highest BCUT2D eigenvalue weighted by Crippen LogP contribution is 2.26. The third kappa shape index (κ3) is 5.03. The maximum Gasteiger partial charge on any atom is 0.242 e. The molecular weight excluding hydrogens is 440 g/mol. The fourth-order valence-corrected chi connectivity index (χ4v) is 4.88. The quantitative estimate of drug-likeness (QED) is 0.545. The maximum absolute atomic E-state index is 12.4. The lowest BCUT2D eigenvalue weighted by Crippen LogP contribution is -2.35. The van der Waals surface area contributed by atoms with Gasteiger partial charge < -0.3 is 10.4 Å². The number of aliphatic hydroxyl groups excluding tert-OH is 1. The number of benzene rings is 1. The molecule has 0 radical (unpaired) electrons. The summed E-state index contributed by atoms with van der Waals surface area (Å²) in [5.74, 6) is 1.04. The van der Waals surface area contributed by atoms with Gasteiger partial charge in [0, 0.05) is 51.0 Å². The van der Waals surface area contributed by atoms with Gasteiger partial charge in [0.1, 0.15) is 5.82 Å². The Bertz CT molecular complexity index is 1210. The molecule has 33 heavy (non-hydrogen) atoms. The molecule has 0 aliphatic carbocycles. The minimum atomic E-state index is -3.48. The van der Waals surface area contributed by atoms with Crippen LogP contribution in [0.2, 0.25) is 0 Å². The summed E-state index contributed by atoms with van der Waals surface area (Å²) in [5, 5.41) is 17.7. The number of nitrogens with zero attached hydrogens (tertiary/aromatic N) is 5. The van der Waals surface area contributed by atoms with Crippen molar-refractivity contribution in [2.75, 3.05) is 32.5 Å². The number of nitrogens with one attached hydrogen (secondary N) is 1. The van der Waals surface area contributed by atoms with Gasteiger partial charge in [-0.1, -0.05) is 13.8 Å². The molecule has 0 unspecified atom stereocenters. The average Bonchev–Trinajstić information content (AvgIpc) is 3.20. The van der Waals surface area contributed by atoms with Crippen LogP contribution in [-0.4, -0.2) is 70.6 Å². The highest BCUT2D eigenvalue weighted by molar-refractivity contribution is 7.89. The molecule has 1 aliphatic heterocycles. The maximum atomic E-state index is 12.4. The van der Waals surface area contributed by atoms with Crippen molar-refractivity contribution in [3.8, 4) is 0 Å². The van der Waals surface area contributed by atoms with Crippen molar-refractivity contribution in [3.63, 3.8) is 0 Å². The van der Waals surface area contributed by atoms with Crippen molar-refractivity contribution in [2.24, 2.45) is 0 Å². The van der Waals surface area contributed by atoms with Crippen LogP contribution in [-0.2, 0) is 16.6 Å². The normalized spacial score (nSPS) is 16.2. The van der Waals surface area contributed by atoms with E-state index in [0.717, 1.165) is 54.3 Å². The molecule has 178 valence electrons. The summed E-state index contributed by atoms with van der Waals surface area (Å²) in [7, 11) is -0.444. The second kappa shape index (κ2) is 9.38. The Labute approximate surface area is 195 Å². The number of fused-ring (bicyclic) bond motifs is 1. The van der Waals surface area contributed by atoms with E-state index < -0.39 is 10.0 Å². The second-order valence-electron chi connectivity index (χ2n) is 9.07. The smallest absolute Gasteiger partial charge is 0.242 e. The van der Waals surface area contributed by atoms with Gasteiger partial charge in [-0.3, -0.25) is 4.90 Å². The SMILES string of the molecule is CC(C)c1cnn2c(Nc3ccc(S(=O)(=O)N(C)C)cc3)cc(CN3CCC(O)CC3)nc12.